The van der Waals surface area contributed by atoms with Crippen LogP contribution >= 0.6 is 11.6 Å². The normalized spacial score (nSPS) is 10.2. The van der Waals surface area contributed by atoms with E-state index in [1.54, 1.807) is 12.1 Å². The number of carbonyl (C=O) groups excluding carboxylic acids is 1. The molecule has 0 aliphatic heterocycles. The Morgan fingerprint density at radius 1 is 1.17 bits per heavy atom. The Morgan fingerprint density at radius 3 is 2.42 bits per heavy atom. The molecule has 2 aromatic carbocycles. The van der Waals surface area contributed by atoms with Gasteiger partial charge in [0.2, 0.25) is 5.91 Å². The lowest BCUT2D eigenvalue weighted by Gasteiger charge is -2.09. The molecule has 0 heterocycles. The second-order valence-electron chi connectivity index (χ2n) is 4.97. The molecule has 8 heteroatoms. The number of nitro benzene ring substituents is 1. The smallest absolute Gasteiger partial charge is 0.337 e. The molecular formula is C16H13ClN2O5. The van der Waals surface area contributed by atoms with E-state index >= 15 is 0 Å². The summed E-state index contributed by atoms with van der Waals surface area (Å²) < 4.78 is 0. The van der Waals surface area contributed by atoms with E-state index in [1.165, 1.54) is 30.3 Å². The van der Waals surface area contributed by atoms with Gasteiger partial charge in [-0.2, -0.15) is 0 Å². The number of non-ortho nitro benzene ring substituents is 1. The molecule has 0 bridgehead atoms. The number of carboxylic acid groups (broad SMARTS) is 1. The van der Waals surface area contributed by atoms with E-state index in [4.69, 9.17) is 16.7 Å². The zero-order valence-corrected chi connectivity index (χ0v) is 13.1. The number of nitrogens with one attached hydrogen (secondary N) is 1. The van der Waals surface area contributed by atoms with Gasteiger partial charge in [0.05, 0.1) is 16.2 Å². The summed E-state index contributed by atoms with van der Waals surface area (Å²) in [5.41, 5.74) is 0.820. The lowest BCUT2D eigenvalue weighted by atomic mass is 10.1. The van der Waals surface area contributed by atoms with Crippen molar-refractivity contribution in [2.24, 2.45) is 0 Å². The molecule has 2 N–H and O–H groups in total. The van der Waals surface area contributed by atoms with Crippen LogP contribution in [0.2, 0.25) is 5.02 Å². The molecule has 124 valence electrons. The highest BCUT2D eigenvalue weighted by molar-refractivity contribution is 6.31. The summed E-state index contributed by atoms with van der Waals surface area (Å²) >= 11 is 5.82. The molecule has 0 fully saturated rings. The highest BCUT2D eigenvalue weighted by Crippen LogP contribution is 2.21. The van der Waals surface area contributed by atoms with E-state index in [2.05, 4.69) is 5.32 Å². The van der Waals surface area contributed by atoms with E-state index in [9.17, 15) is 19.7 Å². The number of aromatic carboxylic acids is 1. The second kappa shape index (κ2) is 7.56. The number of aryl methyl sites for hydroxylation is 1. The van der Waals surface area contributed by atoms with Gasteiger partial charge < -0.3 is 10.4 Å². The number of carboxylic acids is 1. The maximum atomic E-state index is 12.0. The molecule has 7 nitrogen and oxygen atoms in total. The van der Waals surface area contributed by atoms with E-state index in [0.29, 0.717) is 11.4 Å². The maximum absolute atomic E-state index is 12.0. The fraction of sp³-hybridized carbons (Fsp3) is 0.125. The predicted molar refractivity (Wildman–Crippen MR) is 88.5 cm³/mol. The predicted octanol–water partition coefficient (Wildman–Crippen LogP) is 3.52. The van der Waals surface area contributed by atoms with Crippen molar-refractivity contribution in [2.45, 2.75) is 12.8 Å². The molecule has 0 unspecified atom stereocenters. The number of amides is 1. The van der Waals surface area contributed by atoms with Crippen LogP contribution in [0, 0.1) is 10.1 Å². The Hall–Kier alpha value is -2.93. The van der Waals surface area contributed by atoms with E-state index in [1.807, 2.05) is 0 Å². The Balaban J connectivity index is 2.00. The topological polar surface area (TPSA) is 110 Å². The lowest BCUT2D eigenvalue weighted by Crippen LogP contribution is -2.15. The van der Waals surface area contributed by atoms with Crippen molar-refractivity contribution in [3.63, 3.8) is 0 Å². The van der Waals surface area contributed by atoms with Crippen LogP contribution in [-0.4, -0.2) is 21.9 Å². The van der Waals surface area contributed by atoms with Crippen molar-refractivity contribution in [3.05, 3.63) is 68.7 Å². The van der Waals surface area contributed by atoms with Crippen molar-refractivity contribution in [3.8, 4) is 0 Å². The lowest BCUT2D eigenvalue weighted by molar-refractivity contribution is -0.384. The first-order valence-corrected chi connectivity index (χ1v) is 7.30. The van der Waals surface area contributed by atoms with Gasteiger partial charge in [0.1, 0.15) is 0 Å². The number of hydrogen-bond donors (Lipinski definition) is 2. The Labute approximate surface area is 142 Å². The number of nitro groups is 1. The van der Waals surface area contributed by atoms with Crippen molar-refractivity contribution in [1.29, 1.82) is 0 Å². The largest absolute Gasteiger partial charge is 0.478 e. The average molecular weight is 349 g/mol. The van der Waals surface area contributed by atoms with Gasteiger partial charge in [0, 0.05) is 23.6 Å². The Kier molecular flexibility index (Phi) is 5.49. The number of carbonyl (C=O) groups is 2. The van der Waals surface area contributed by atoms with E-state index in [-0.39, 0.29) is 29.3 Å². The molecule has 0 aromatic heterocycles. The van der Waals surface area contributed by atoms with Crippen LogP contribution in [0.5, 0.6) is 0 Å². The number of rotatable bonds is 6. The monoisotopic (exact) mass is 348 g/mol. The Bertz CT molecular complexity index is 790. The molecule has 0 aliphatic rings. The standard InChI is InChI=1S/C16H13ClN2O5/c17-11-4-7-13(16(21)22)14(9-11)18-15(20)8-3-10-1-5-12(6-2-10)19(23)24/h1-2,4-7,9H,3,8H2,(H,18,20)(H,21,22). The first-order valence-electron chi connectivity index (χ1n) is 6.93. The van der Waals surface area contributed by atoms with Gasteiger partial charge in [-0.3, -0.25) is 14.9 Å². The summed E-state index contributed by atoms with van der Waals surface area (Å²) in [5, 5.41) is 22.5. The molecule has 0 atom stereocenters. The van der Waals surface area contributed by atoms with Gasteiger partial charge in [-0.15, -0.1) is 0 Å². The van der Waals surface area contributed by atoms with Gasteiger partial charge in [-0.1, -0.05) is 23.7 Å². The summed E-state index contributed by atoms with van der Waals surface area (Å²) in [6, 6.07) is 10.0. The molecule has 0 saturated carbocycles. The highest BCUT2D eigenvalue weighted by atomic mass is 35.5. The summed E-state index contributed by atoms with van der Waals surface area (Å²) in [7, 11) is 0. The van der Waals surface area contributed by atoms with Crippen LogP contribution in [0.25, 0.3) is 0 Å². The minimum atomic E-state index is -1.17. The second-order valence-corrected chi connectivity index (χ2v) is 5.40. The molecule has 0 saturated heterocycles. The van der Waals surface area contributed by atoms with Crippen LogP contribution in [0.1, 0.15) is 22.3 Å². The van der Waals surface area contributed by atoms with Crippen LogP contribution < -0.4 is 5.32 Å². The summed E-state index contributed by atoms with van der Waals surface area (Å²) in [4.78, 5) is 33.2. The number of nitrogens with zero attached hydrogens (tertiary/aromatic N) is 1. The fourth-order valence-corrected chi connectivity index (χ4v) is 2.23. The molecular weight excluding hydrogens is 336 g/mol. The summed E-state index contributed by atoms with van der Waals surface area (Å²) in [5.74, 6) is -1.55. The van der Waals surface area contributed by atoms with Gasteiger partial charge >= 0.3 is 5.97 Å². The van der Waals surface area contributed by atoms with Crippen molar-refractivity contribution in [1.82, 2.24) is 0 Å². The third-order valence-corrected chi connectivity index (χ3v) is 3.51. The van der Waals surface area contributed by atoms with Crippen LogP contribution in [-0.2, 0) is 11.2 Å². The number of hydrogen-bond acceptors (Lipinski definition) is 4. The number of halogens is 1. The fourth-order valence-electron chi connectivity index (χ4n) is 2.06. The summed E-state index contributed by atoms with van der Waals surface area (Å²) in [6.45, 7) is 0. The third kappa shape index (κ3) is 4.53. The highest BCUT2D eigenvalue weighted by Gasteiger charge is 2.13. The van der Waals surface area contributed by atoms with E-state index < -0.39 is 10.9 Å². The number of benzene rings is 2. The molecule has 1 amide bonds. The SMILES string of the molecule is O=C(CCc1ccc([N+](=O)[O-])cc1)Nc1cc(Cl)ccc1C(=O)O. The Morgan fingerprint density at radius 2 is 1.83 bits per heavy atom. The van der Waals surface area contributed by atoms with Crippen LogP contribution in [0.4, 0.5) is 11.4 Å². The van der Waals surface area contributed by atoms with Crippen LogP contribution in [0.3, 0.4) is 0 Å². The van der Waals surface area contributed by atoms with Crippen molar-refractivity contribution in [2.75, 3.05) is 5.32 Å². The third-order valence-electron chi connectivity index (χ3n) is 3.27. The zero-order valence-electron chi connectivity index (χ0n) is 12.4. The molecule has 2 rings (SSSR count). The first-order chi connectivity index (χ1) is 11.4. The van der Waals surface area contributed by atoms with Crippen LogP contribution in [0.15, 0.2) is 42.5 Å². The minimum absolute atomic E-state index is 0.0202. The summed E-state index contributed by atoms with van der Waals surface area (Å²) in [6.07, 6.45) is 0.468. The minimum Gasteiger partial charge on any atom is -0.478 e. The molecule has 24 heavy (non-hydrogen) atoms. The molecule has 2 aromatic rings. The maximum Gasteiger partial charge on any atom is 0.337 e. The number of anilines is 1. The zero-order chi connectivity index (χ0) is 17.7. The molecule has 0 aliphatic carbocycles. The van der Waals surface area contributed by atoms with Gasteiger partial charge in [0.25, 0.3) is 5.69 Å². The van der Waals surface area contributed by atoms with Crippen molar-refractivity contribution >= 4 is 34.9 Å². The van der Waals surface area contributed by atoms with Crippen molar-refractivity contribution < 1.29 is 19.6 Å². The molecule has 0 spiro atoms. The quantitative estimate of drug-likeness (QED) is 0.613. The van der Waals surface area contributed by atoms with E-state index in [0.717, 1.165) is 5.56 Å². The average Bonchev–Trinajstić information content (AvgIpc) is 2.53. The van der Waals surface area contributed by atoms with Gasteiger partial charge in [-0.05, 0) is 30.2 Å². The van der Waals surface area contributed by atoms with Gasteiger partial charge in [0.15, 0.2) is 0 Å². The first kappa shape index (κ1) is 17.4. The van der Waals surface area contributed by atoms with Gasteiger partial charge in [-0.25, -0.2) is 4.79 Å². The molecule has 0 radical (unpaired) electrons.